The van der Waals surface area contributed by atoms with Crippen molar-refractivity contribution < 1.29 is 4.79 Å². The highest BCUT2D eigenvalue weighted by molar-refractivity contribution is 5.99. The van der Waals surface area contributed by atoms with Crippen LogP contribution in [0.15, 0.2) is 18.2 Å². The fraction of sp³-hybridized carbons (Fsp3) is 0.500. The molecule has 0 saturated heterocycles. The predicted octanol–water partition coefficient (Wildman–Crippen LogP) is 2.57. The second-order valence-electron chi connectivity index (χ2n) is 5.05. The third-order valence-electron chi connectivity index (χ3n) is 3.40. The maximum atomic E-state index is 12.1. The number of carbonyl (C=O) groups excluding carboxylic acids is 1. The Kier molecular flexibility index (Phi) is 3.36. The minimum atomic E-state index is 0.0336. The molecule has 92 valence electrons. The molecule has 1 aliphatic rings. The highest BCUT2D eigenvalue weighted by Crippen LogP contribution is 2.27. The molecule has 0 aromatic heterocycles. The van der Waals surface area contributed by atoms with Crippen LogP contribution in [0.5, 0.6) is 0 Å². The van der Waals surface area contributed by atoms with Crippen molar-refractivity contribution in [1.29, 1.82) is 0 Å². The van der Waals surface area contributed by atoms with Gasteiger partial charge in [0.05, 0.1) is 5.56 Å². The van der Waals surface area contributed by atoms with Gasteiger partial charge in [0.1, 0.15) is 0 Å². The van der Waals surface area contributed by atoms with Crippen LogP contribution in [0, 0.1) is 12.8 Å². The van der Waals surface area contributed by atoms with Gasteiger partial charge >= 0.3 is 0 Å². The van der Waals surface area contributed by atoms with Gasteiger partial charge in [-0.1, -0.05) is 13.0 Å². The summed E-state index contributed by atoms with van der Waals surface area (Å²) in [6.07, 6.45) is 2.21. The summed E-state index contributed by atoms with van der Waals surface area (Å²) < 4.78 is 0. The van der Waals surface area contributed by atoms with Crippen molar-refractivity contribution >= 4 is 11.6 Å². The van der Waals surface area contributed by atoms with Gasteiger partial charge in [-0.3, -0.25) is 4.79 Å². The van der Waals surface area contributed by atoms with E-state index in [0.717, 1.165) is 35.6 Å². The summed E-state index contributed by atoms with van der Waals surface area (Å²) in [6.45, 7) is 4.24. The Labute approximate surface area is 103 Å². The molecule has 1 aromatic carbocycles. The number of rotatable bonds is 3. The third-order valence-corrected chi connectivity index (χ3v) is 3.40. The van der Waals surface area contributed by atoms with E-state index in [1.807, 2.05) is 32.2 Å². The summed E-state index contributed by atoms with van der Waals surface area (Å²) >= 11 is 0. The molecule has 1 fully saturated rings. The van der Waals surface area contributed by atoms with Gasteiger partial charge in [0.2, 0.25) is 0 Å². The van der Waals surface area contributed by atoms with Crippen LogP contribution < -0.4 is 10.6 Å². The first-order valence-electron chi connectivity index (χ1n) is 6.19. The molecule has 0 atom stereocenters. The molecular weight excluding hydrogens is 212 g/mol. The summed E-state index contributed by atoms with van der Waals surface area (Å²) in [5, 5.41) is 6.15. The summed E-state index contributed by atoms with van der Waals surface area (Å²) in [7, 11) is 1.84. The molecule has 1 aromatic rings. The van der Waals surface area contributed by atoms with Crippen molar-refractivity contribution in [3.8, 4) is 0 Å². The molecule has 3 nitrogen and oxygen atoms in total. The first-order valence-corrected chi connectivity index (χ1v) is 6.19. The van der Waals surface area contributed by atoms with E-state index in [1.54, 1.807) is 0 Å². The van der Waals surface area contributed by atoms with Crippen LogP contribution in [0.3, 0.4) is 0 Å². The number of benzene rings is 1. The van der Waals surface area contributed by atoms with E-state index < -0.39 is 0 Å². The van der Waals surface area contributed by atoms with E-state index in [0.29, 0.717) is 6.04 Å². The Morgan fingerprint density at radius 2 is 2.06 bits per heavy atom. The maximum Gasteiger partial charge on any atom is 0.253 e. The Morgan fingerprint density at radius 3 is 2.65 bits per heavy atom. The lowest BCUT2D eigenvalue weighted by Crippen LogP contribution is -2.43. The minimum absolute atomic E-state index is 0.0336. The maximum absolute atomic E-state index is 12.1. The molecule has 0 spiro atoms. The smallest absolute Gasteiger partial charge is 0.253 e. The van der Waals surface area contributed by atoms with Gasteiger partial charge in [-0.25, -0.2) is 0 Å². The fourth-order valence-corrected chi connectivity index (χ4v) is 2.35. The number of aryl methyl sites for hydroxylation is 1. The number of hydrogen-bond donors (Lipinski definition) is 2. The first-order chi connectivity index (χ1) is 8.10. The average Bonchev–Trinajstić information content (AvgIpc) is 2.26. The Morgan fingerprint density at radius 1 is 1.35 bits per heavy atom. The van der Waals surface area contributed by atoms with E-state index in [2.05, 4.69) is 17.6 Å². The number of hydrogen-bond acceptors (Lipinski definition) is 2. The average molecular weight is 232 g/mol. The van der Waals surface area contributed by atoms with Gasteiger partial charge in [0.25, 0.3) is 5.91 Å². The molecule has 0 bridgehead atoms. The van der Waals surface area contributed by atoms with E-state index >= 15 is 0 Å². The molecule has 2 N–H and O–H groups in total. The number of nitrogens with one attached hydrogen (secondary N) is 2. The quantitative estimate of drug-likeness (QED) is 0.841. The van der Waals surface area contributed by atoms with Gasteiger partial charge < -0.3 is 10.6 Å². The highest BCUT2D eigenvalue weighted by atomic mass is 16.1. The van der Waals surface area contributed by atoms with Crippen molar-refractivity contribution in [1.82, 2.24) is 5.32 Å². The van der Waals surface area contributed by atoms with Crippen molar-refractivity contribution in [3.63, 3.8) is 0 Å². The second kappa shape index (κ2) is 4.78. The Bertz CT molecular complexity index is 422. The van der Waals surface area contributed by atoms with E-state index in [1.165, 1.54) is 0 Å². The number of anilines is 1. The van der Waals surface area contributed by atoms with Gasteiger partial charge in [0, 0.05) is 18.8 Å². The van der Waals surface area contributed by atoms with E-state index in [4.69, 9.17) is 0 Å². The zero-order valence-electron chi connectivity index (χ0n) is 10.7. The van der Waals surface area contributed by atoms with Crippen molar-refractivity contribution in [3.05, 3.63) is 29.3 Å². The SMILES string of the molecule is CNc1cc(C)ccc1C(=O)NC1CC(C)C1. The minimum Gasteiger partial charge on any atom is -0.387 e. The molecule has 17 heavy (non-hydrogen) atoms. The highest BCUT2D eigenvalue weighted by Gasteiger charge is 2.27. The largest absolute Gasteiger partial charge is 0.387 e. The van der Waals surface area contributed by atoms with Crippen LogP contribution in [0.4, 0.5) is 5.69 Å². The topological polar surface area (TPSA) is 41.1 Å². The Hall–Kier alpha value is -1.51. The molecule has 1 amide bonds. The van der Waals surface area contributed by atoms with E-state index in [-0.39, 0.29) is 5.91 Å². The molecule has 0 heterocycles. The predicted molar refractivity (Wildman–Crippen MR) is 70.4 cm³/mol. The zero-order valence-corrected chi connectivity index (χ0v) is 10.7. The Balaban J connectivity index is 2.08. The standard InChI is InChI=1S/C14H20N2O/c1-9-4-5-12(13(8-9)15-3)14(17)16-11-6-10(2)7-11/h4-5,8,10-11,15H,6-7H2,1-3H3,(H,16,17). The lowest BCUT2D eigenvalue weighted by molar-refractivity contribution is 0.0897. The summed E-state index contributed by atoms with van der Waals surface area (Å²) in [5.74, 6) is 0.785. The van der Waals surface area contributed by atoms with Crippen LogP contribution in [0.2, 0.25) is 0 Å². The van der Waals surface area contributed by atoms with Crippen molar-refractivity contribution in [2.24, 2.45) is 5.92 Å². The van der Waals surface area contributed by atoms with Gasteiger partial charge in [-0.05, 0) is 43.4 Å². The number of amides is 1. The molecule has 3 heteroatoms. The summed E-state index contributed by atoms with van der Waals surface area (Å²) in [4.78, 5) is 12.1. The molecule has 0 unspecified atom stereocenters. The third kappa shape index (κ3) is 2.60. The van der Waals surface area contributed by atoms with Crippen LogP contribution in [0.25, 0.3) is 0 Å². The van der Waals surface area contributed by atoms with Crippen LogP contribution in [-0.4, -0.2) is 19.0 Å². The van der Waals surface area contributed by atoms with Crippen LogP contribution in [0.1, 0.15) is 35.7 Å². The van der Waals surface area contributed by atoms with Gasteiger partial charge in [0.15, 0.2) is 0 Å². The zero-order chi connectivity index (χ0) is 12.4. The molecule has 0 aliphatic heterocycles. The lowest BCUT2D eigenvalue weighted by Gasteiger charge is -2.33. The van der Waals surface area contributed by atoms with Crippen molar-refractivity contribution in [2.75, 3.05) is 12.4 Å². The molecule has 0 radical (unpaired) electrons. The monoisotopic (exact) mass is 232 g/mol. The molecular formula is C14H20N2O. The first kappa shape index (κ1) is 12.0. The van der Waals surface area contributed by atoms with Crippen LogP contribution >= 0.6 is 0 Å². The normalized spacial score (nSPS) is 22.8. The fourth-order valence-electron chi connectivity index (χ4n) is 2.35. The van der Waals surface area contributed by atoms with Gasteiger partial charge in [-0.2, -0.15) is 0 Å². The lowest BCUT2D eigenvalue weighted by atomic mass is 9.82. The van der Waals surface area contributed by atoms with E-state index in [9.17, 15) is 4.79 Å². The van der Waals surface area contributed by atoms with Gasteiger partial charge in [-0.15, -0.1) is 0 Å². The second-order valence-corrected chi connectivity index (χ2v) is 5.05. The summed E-state index contributed by atoms with van der Waals surface area (Å²) in [5.41, 5.74) is 2.79. The molecule has 2 rings (SSSR count). The summed E-state index contributed by atoms with van der Waals surface area (Å²) in [6, 6.07) is 6.22. The van der Waals surface area contributed by atoms with Crippen molar-refractivity contribution in [2.45, 2.75) is 32.7 Å². The molecule has 1 aliphatic carbocycles. The number of carbonyl (C=O) groups is 1. The van der Waals surface area contributed by atoms with Crippen LogP contribution in [-0.2, 0) is 0 Å². The molecule has 1 saturated carbocycles.